The van der Waals surface area contributed by atoms with Crippen LogP contribution in [0.15, 0.2) is 18.2 Å². The fourth-order valence-corrected chi connectivity index (χ4v) is 2.08. The highest BCUT2D eigenvalue weighted by atomic mass is 35.5. The van der Waals surface area contributed by atoms with Gasteiger partial charge in [0, 0.05) is 19.1 Å². The molecule has 1 aromatic rings. The van der Waals surface area contributed by atoms with Crippen molar-refractivity contribution in [1.29, 1.82) is 0 Å². The number of anilines is 2. The maximum absolute atomic E-state index is 11.9. The third kappa shape index (κ3) is 6.74. The first kappa shape index (κ1) is 20.3. The van der Waals surface area contributed by atoms with E-state index in [4.69, 9.17) is 11.6 Å². The second kappa shape index (κ2) is 9.36. The van der Waals surface area contributed by atoms with Crippen molar-refractivity contribution in [2.45, 2.75) is 12.8 Å². The molecule has 0 aliphatic heterocycles. The number of nitrogens with zero attached hydrogens (tertiary/aromatic N) is 1. The normalized spacial score (nSPS) is 12.9. The lowest BCUT2D eigenvalue weighted by atomic mass is 10.2. The molecule has 0 radical (unpaired) electrons. The predicted molar refractivity (Wildman–Crippen MR) is 94.5 cm³/mol. The summed E-state index contributed by atoms with van der Waals surface area (Å²) >= 11 is 5.97. The van der Waals surface area contributed by atoms with E-state index in [1.165, 1.54) is 12.8 Å². The molecular formula is C14H22Cl3N3O. The van der Waals surface area contributed by atoms with Crippen LogP contribution in [0.3, 0.4) is 0 Å². The Balaban J connectivity index is 0.00000200. The summed E-state index contributed by atoms with van der Waals surface area (Å²) < 4.78 is 0. The molecule has 1 fully saturated rings. The Bertz CT molecular complexity index is 465. The second-order valence-electron chi connectivity index (χ2n) is 5.18. The van der Waals surface area contributed by atoms with Crippen LogP contribution in [0.2, 0.25) is 5.02 Å². The molecule has 1 saturated carbocycles. The number of hydrogen-bond acceptors (Lipinski definition) is 3. The van der Waals surface area contributed by atoms with Gasteiger partial charge in [0.15, 0.2) is 0 Å². The molecule has 1 aliphatic rings. The Morgan fingerprint density at radius 2 is 2.00 bits per heavy atom. The van der Waals surface area contributed by atoms with Crippen LogP contribution in [0, 0.1) is 5.92 Å². The highest BCUT2D eigenvalue weighted by Crippen LogP contribution is 2.28. The van der Waals surface area contributed by atoms with E-state index in [-0.39, 0.29) is 30.7 Å². The van der Waals surface area contributed by atoms with E-state index in [9.17, 15) is 4.79 Å². The van der Waals surface area contributed by atoms with Gasteiger partial charge in [0.2, 0.25) is 5.91 Å². The van der Waals surface area contributed by atoms with Crippen LogP contribution < -0.4 is 15.5 Å². The Hall–Kier alpha value is -0.680. The minimum atomic E-state index is -0.0361. The lowest BCUT2D eigenvalue weighted by molar-refractivity contribution is -0.115. The maximum atomic E-state index is 11.9. The Kier molecular flexibility index (Phi) is 9.06. The lowest BCUT2D eigenvalue weighted by Gasteiger charge is -2.18. The van der Waals surface area contributed by atoms with E-state index in [1.54, 1.807) is 6.07 Å². The molecule has 0 spiro atoms. The Morgan fingerprint density at radius 1 is 1.33 bits per heavy atom. The van der Waals surface area contributed by atoms with Gasteiger partial charge in [-0.15, -0.1) is 24.8 Å². The third-order valence-corrected chi connectivity index (χ3v) is 3.37. The molecule has 2 rings (SSSR count). The van der Waals surface area contributed by atoms with Crippen molar-refractivity contribution < 1.29 is 4.79 Å². The summed E-state index contributed by atoms with van der Waals surface area (Å²) in [5.41, 5.74) is 1.69. The highest BCUT2D eigenvalue weighted by molar-refractivity contribution is 6.31. The van der Waals surface area contributed by atoms with Gasteiger partial charge in [0.05, 0.1) is 17.9 Å². The van der Waals surface area contributed by atoms with Crippen molar-refractivity contribution in [2.24, 2.45) is 5.92 Å². The van der Waals surface area contributed by atoms with Gasteiger partial charge >= 0.3 is 0 Å². The first-order chi connectivity index (χ1) is 9.06. The van der Waals surface area contributed by atoms with Crippen LogP contribution in [0.4, 0.5) is 11.4 Å². The number of halogens is 3. The van der Waals surface area contributed by atoms with Gasteiger partial charge in [-0.25, -0.2) is 0 Å². The van der Waals surface area contributed by atoms with Gasteiger partial charge in [0.1, 0.15) is 0 Å². The molecule has 4 nitrogen and oxygen atoms in total. The summed E-state index contributed by atoms with van der Waals surface area (Å²) in [6.45, 7) is 1.28. The van der Waals surface area contributed by atoms with Crippen molar-refractivity contribution in [1.82, 2.24) is 5.32 Å². The van der Waals surface area contributed by atoms with E-state index >= 15 is 0 Å². The van der Waals surface area contributed by atoms with Gasteiger partial charge < -0.3 is 15.5 Å². The minimum absolute atomic E-state index is 0. The standard InChI is InChI=1S/C14H20ClN3O.2ClH/c1-18(2)13-6-5-11(15)7-12(13)17-14(19)9-16-8-10-3-4-10;;/h5-7,10,16H,3-4,8-9H2,1-2H3,(H,17,19);2*1H. The van der Waals surface area contributed by atoms with E-state index in [0.29, 0.717) is 11.6 Å². The molecular weight excluding hydrogens is 333 g/mol. The quantitative estimate of drug-likeness (QED) is 0.824. The van der Waals surface area contributed by atoms with Crippen LogP contribution in [-0.4, -0.2) is 33.1 Å². The summed E-state index contributed by atoms with van der Waals surface area (Å²) in [6.07, 6.45) is 2.57. The van der Waals surface area contributed by atoms with Gasteiger partial charge in [-0.1, -0.05) is 11.6 Å². The maximum Gasteiger partial charge on any atom is 0.238 e. The molecule has 1 amide bonds. The number of amides is 1. The smallest absolute Gasteiger partial charge is 0.238 e. The minimum Gasteiger partial charge on any atom is -0.376 e. The highest BCUT2D eigenvalue weighted by Gasteiger charge is 2.20. The van der Waals surface area contributed by atoms with Crippen LogP contribution in [0.5, 0.6) is 0 Å². The molecule has 2 N–H and O–H groups in total. The van der Waals surface area contributed by atoms with E-state index in [1.807, 2.05) is 31.1 Å². The summed E-state index contributed by atoms with van der Waals surface area (Å²) in [4.78, 5) is 13.8. The topological polar surface area (TPSA) is 44.4 Å². The molecule has 0 heterocycles. The fraction of sp³-hybridized carbons (Fsp3) is 0.500. The number of rotatable bonds is 6. The molecule has 7 heteroatoms. The molecule has 120 valence electrons. The number of carbonyl (C=O) groups is 1. The average molecular weight is 355 g/mol. The monoisotopic (exact) mass is 353 g/mol. The first-order valence-corrected chi connectivity index (χ1v) is 6.91. The molecule has 1 aliphatic carbocycles. The number of carbonyl (C=O) groups excluding carboxylic acids is 1. The van der Waals surface area contributed by atoms with Crippen molar-refractivity contribution in [3.63, 3.8) is 0 Å². The Labute approximate surface area is 143 Å². The largest absolute Gasteiger partial charge is 0.376 e. The molecule has 0 saturated heterocycles. The van der Waals surface area contributed by atoms with E-state index in [2.05, 4.69) is 10.6 Å². The van der Waals surface area contributed by atoms with E-state index in [0.717, 1.165) is 23.8 Å². The zero-order valence-electron chi connectivity index (χ0n) is 12.2. The van der Waals surface area contributed by atoms with Crippen LogP contribution in [0.25, 0.3) is 0 Å². The van der Waals surface area contributed by atoms with E-state index < -0.39 is 0 Å². The van der Waals surface area contributed by atoms with Crippen molar-refractivity contribution in [3.05, 3.63) is 23.2 Å². The van der Waals surface area contributed by atoms with Crippen molar-refractivity contribution in [2.75, 3.05) is 37.4 Å². The van der Waals surface area contributed by atoms with Crippen molar-refractivity contribution >= 4 is 53.7 Å². The van der Waals surface area contributed by atoms with Crippen LogP contribution in [0.1, 0.15) is 12.8 Å². The van der Waals surface area contributed by atoms with Crippen molar-refractivity contribution in [3.8, 4) is 0 Å². The zero-order chi connectivity index (χ0) is 13.8. The number of benzene rings is 1. The lowest BCUT2D eigenvalue weighted by Crippen LogP contribution is -2.30. The predicted octanol–water partition coefficient (Wildman–Crippen LogP) is 3.19. The number of hydrogen-bond donors (Lipinski definition) is 2. The van der Waals surface area contributed by atoms with Crippen LogP contribution >= 0.6 is 36.4 Å². The molecule has 0 aromatic heterocycles. The number of nitrogens with one attached hydrogen (secondary N) is 2. The third-order valence-electron chi connectivity index (χ3n) is 3.13. The fourth-order valence-electron chi connectivity index (χ4n) is 1.90. The summed E-state index contributed by atoms with van der Waals surface area (Å²) in [5.74, 6) is 0.738. The van der Waals surface area contributed by atoms with Gasteiger partial charge in [-0.05, 0) is 43.5 Å². The average Bonchev–Trinajstić information content (AvgIpc) is 3.12. The molecule has 0 unspecified atom stereocenters. The first-order valence-electron chi connectivity index (χ1n) is 6.53. The zero-order valence-corrected chi connectivity index (χ0v) is 14.6. The SMILES string of the molecule is CN(C)c1ccc(Cl)cc1NC(=O)CNCC1CC1.Cl.Cl. The summed E-state index contributed by atoms with van der Waals surface area (Å²) in [6, 6.07) is 5.49. The van der Waals surface area contributed by atoms with Gasteiger partial charge in [-0.2, -0.15) is 0 Å². The van der Waals surface area contributed by atoms with Gasteiger partial charge in [-0.3, -0.25) is 4.79 Å². The summed E-state index contributed by atoms with van der Waals surface area (Å²) in [7, 11) is 3.87. The van der Waals surface area contributed by atoms with Crippen LogP contribution in [-0.2, 0) is 4.79 Å². The Morgan fingerprint density at radius 3 is 2.57 bits per heavy atom. The second-order valence-corrected chi connectivity index (χ2v) is 5.61. The van der Waals surface area contributed by atoms with Gasteiger partial charge in [0.25, 0.3) is 0 Å². The molecule has 0 atom stereocenters. The molecule has 21 heavy (non-hydrogen) atoms. The summed E-state index contributed by atoms with van der Waals surface area (Å²) in [5, 5.41) is 6.69. The molecule has 1 aromatic carbocycles. The molecule has 0 bridgehead atoms.